The maximum absolute atomic E-state index is 9.65. The molecule has 0 unspecified atom stereocenters. The highest BCUT2D eigenvalue weighted by molar-refractivity contribution is 6.36. The molecule has 1 heterocycles. The largest absolute Gasteiger partial charge is 0.508 e. The van der Waals surface area contributed by atoms with Gasteiger partial charge in [-0.2, -0.15) is 0 Å². The second kappa shape index (κ2) is 8.82. The molecule has 4 nitrogen and oxygen atoms in total. The number of aromatic hydroxyl groups is 1. The zero-order valence-electron chi connectivity index (χ0n) is 16.3. The van der Waals surface area contributed by atoms with Crippen molar-refractivity contribution in [3.63, 3.8) is 0 Å². The molecule has 30 heavy (non-hydrogen) atoms. The zero-order chi connectivity index (χ0) is 21.1. The molecule has 0 fully saturated rings. The first-order chi connectivity index (χ1) is 14.5. The van der Waals surface area contributed by atoms with E-state index in [4.69, 9.17) is 32.9 Å². The molecular formula is C24H20Cl2N2O2. The van der Waals surface area contributed by atoms with Crippen LogP contribution in [0.5, 0.6) is 11.5 Å². The van der Waals surface area contributed by atoms with Gasteiger partial charge in [0.15, 0.2) is 0 Å². The van der Waals surface area contributed by atoms with Crippen molar-refractivity contribution in [2.45, 2.75) is 20.1 Å². The van der Waals surface area contributed by atoms with Gasteiger partial charge >= 0.3 is 0 Å². The summed E-state index contributed by atoms with van der Waals surface area (Å²) in [4.78, 5) is 4.71. The summed E-state index contributed by atoms with van der Waals surface area (Å²) >= 11 is 12.3. The number of nitrogens with zero attached hydrogens (tertiary/aromatic N) is 2. The van der Waals surface area contributed by atoms with E-state index in [1.165, 1.54) is 0 Å². The number of ether oxygens (including phenoxy) is 1. The fraction of sp³-hybridized carbons (Fsp3) is 0.125. The predicted octanol–water partition coefficient (Wildman–Crippen LogP) is 6.83. The molecule has 0 aliphatic heterocycles. The Morgan fingerprint density at radius 3 is 2.47 bits per heavy atom. The minimum absolute atomic E-state index is 0.246. The van der Waals surface area contributed by atoms with Crippen LogP contribution in [-0.2, 0) is 13.2 Å². The van der Waals surface area contributed by atoms with Crippen LogP contribution in [-0.4, -0.2) is 14.7 Å². The fourth-order valence-electron chi connectivity index (χ4n) is 3.25. The van der Waals surface area contributed by atoms with E-state index >= 15 is 0 Å². The normalized spacial score (nSPS) is 10.9. The van der Waals surface area contributed by atoms with Crippen LogP contribution in [0.2, 0.25) is 10.0 Å². The Kier molecular flexibility index (Phi) is 5.98. The van der Waals surface area contributed by atoms with Gasteiger partial charge in [0.1, 0.15) is 23.9 Å². The number of aromatic nitrogens is 2. The molecule has 152 valence electrons. The average molecular weight is 439 g/mol. The zero-order valence-corrected chi connectivity index (χ0v) is 17.9. The molecular weight excluding hydrogens is 419 g/mol. The molecule has 0 bridgehead atoms. The molecule has 4 rings (SSSR count). The van der Waals surface area contributed by atoms with Crippen LogP contribution in [0.3, 0.4) is 0 Å². The topological polar surface area (TPSA) is 47.3 Å². The van der Waals surface area contributed by atoms with Crippen molar-refractivity contribution in [1.29, 1.82) is 0 Å². The van der Waals surface area contributed by atoms with Crippen molar-refractivity contribution < 1.29 is 9.84 Å². The van der Waals surface area contributed by atoms with Gasteiger partial charge in [0.25, 0.3) is 0 Å². The van der Waals surface area contributed by atoms with Crippen molar-refractivity contribution in [2.75, 3.05) is 0 Å². The lowest BCUT2D eigenvalue weighted by molar-refractivity contribution is 0.290. The number of hydrogen-bond acceptors (Lipinski definition) is 3. The van der Waals surface area contributed by atoms with Gasteiger partial charge in [-0.25, -0.2) is 4.98 Å². The molecule has 1 N–H and O–H groups in total. The third kappa shape index (κ3) is 4.45. The standard InChI is InChI=1S/C24H20Cl2N2O2/c1-2-28-14-23(21-11-8-18(25)13-22(21)26)27-24(28)15-30-20-9-6-16(7-10-20)17-4-3-5-19(29)12-17/h3-14,29H,2,15H2,1H3. The highest BCUT2D eigenvalue weighted by atomic mass is 35.5. The number of imidazole rings is 1. The molecule has 4 aromatic rings. The van der Waals surface area contributed by atoms with Gasteiger partial charge in [0.2, 0.25) is 0 Å². The first-order valence-corrected chi connectivity index (χ1v) is 10.3. The summed E-state index contributed by atoms with van der Waals surface area (Å²) < 4.78 is 8.00. The molecule has 0 saturated carbocycles. The second-order valence-electron chi connectivity index (χ2n) is 6.82. The van der Waals surface area contributed by atoms with E-state index in [-0.39, 0.29) is 5.75 Å². The Hall–Kier alpha value is -2.95. The summed E-state index contributed by atoms with van der Waals surface area (Å²) in [7, 11) is 0. The van der Waals surface area contributed by atoms with Crippen molar-refractivity contribution >= 4 is 23.2 Å². The molecule has 1 aromatic heterocycles. The third-order valence-corrected chi connectivity index (χ3v) is 5.36. The number of rotatable bonds is 6. The van der Waals surface area contributed by atoms with E-state index in [9.17, 15) is 5.11 Å². The Morgan fingerprint density at radius 2 is 1.77 bits per heavy atom. The Labute approximate surface area is 185 Å². The first kappa shape index (κ1) is 20.3. The maximum Gasteiger partial charge on any atom is 0.147 e. The van der Waals surface area contributed by atoms with Crippen LogP contribution in [0.15, 0.2) is 72.9 Å². The summed E-state index contributed by atoms with van der Waals surface area (Å²) in [5.41, 5.74) is 3.59. The summed E-state index contributed by atoms with van der Waals surface area (Å²) in [6.07, 6.45) is 1.97. The van der Waals surface area contributed by atoms with Crippen LogP contribution in [0.25, 0.3) is 22.4 Å². The van der Waals surface area contributed by atoms with Gasteiger partial charge in [-0.05, 0) is 60.5 Å². The van der Waals surface area contributed by atoms with Crippen LogP contribution in [0.4, 0.5) is 0 Å². The molecule has 3 aromatic carbocycles. The predicted molar refractivity (Wildman–Crippen MR) is 121 cm³/mol. The molecule has 0 amide bonds. The van der Waals surface area contributed by atoms with Crippen LogP contribution in [0, 0.1) is 0 Å². The molecule has 0 spiro atoms. The molecule has 0 saturated heterocycles. The number of phenols is 1. The van der Waals surface area contributed by atoms with Crippen molar-refractivity contribution in [3.8, 4) is 33.9 Å². The van der Waals surface area contributed by atoms with E-state index in [0.717, 1.165) is 40.5 Å². The van der Waals surface area contributed by atoms with E-state index in [0.29, 0.717) is 16.7 Å². The van der Waals surface area contributed by atoms with Crippen LogP contribution < -0.4 is 4.74 Å². The van der Waals surface area contributed by atoms with Gasteiger partial charge in [0, 0.05) is 23.3 Å². The van der Waals surface area contributed by atoms with Gasteiger partial charge < -0.3 is 14.4 Å². The molecule has 0 aliphatic rings. The average Bonchev–Trinajstić information content (AvgIpc) is 3.15. The lowest BCUT2D eigenvalue weighted by atomic mass is 10.1. The van der Waals surface area contributed by atoms with Crippen molar-refractivity contribution in [3.05, 3.63) is 88.8 Å². The Morgan fingerprint density at radius 1 is 0.967 bits per heavy atom. The lowest BCUT2D eigenvalue weighted by Crippen LogP contribution is -2.05. The third-order valence-electron chi connectivity index (χ3n) is 4.81. The lowest BCUT2D eigenvalue weighted by Gasteiger charge is -2.08. The summed E-state index contributed by atoms with van der Waals surface area (Å²) in [5, 5.41) is 10.8. The van der Waals surface area contributed by atoms with Gasteiger partial charge in [-0.1, -0.05) is 47.5 Å². The Bertz CT molecular complexity index is 1170. The number of phenolic OH excluding ortho intramolecular Hbond substituents is 1. The van der Waals surface area contributed by atoms with Gasteiger partial charge in [0.05, 0.1) is 10.7 Å². The van der Waals surface area contributed by atoms with Crippen LogP contribution >= 0.6 is 23.2 Å². The minimum atomic E-state index is 0.246. The smallest absolute Gasteiger partial charge is 0.147 e. The number of halogens is 2. The minimum Gasteiger partial charge on any atom is -0.508 e. The Balaban J connectivity index is 1.50. The fourth-order valence-corrected chi connectivity index (χ4v) is 3.75. The van der Waals surface area contributed by atoms with E-state index in [2.05, 4.69) is 6.92 Å². The molecule has 0 radical (unpaired) electrons. The van der Waals surface area contributed by atoms with E-state index in [1.807, 2.05) is 53.2 Å². The second-order valence-corrected chi connectivity index (χ2v) is 7.66. The number of aryl methyl sites for hydroxylation is 1. The van der Waals surface area contributed by atoms with E-state index in [1.54, 1.807) is 24.3 Å². The molecule has 0 atom stereocenters. The summed E-state index contributed by atoms with van der Waals surface area (Å²) in [5.74, 6) is 1.81. The van der Waals surface area contributed by atoms with Gasteiger partial charge in [-0.3, -0.25) is 0 Å². The highest BCUT2D eigenvalue weighted by Gasteiger charge is 2.12. The summed E-state index contributed by atoms with van der Waals surface area (Å²) in [6, 6.07) is 20.3. The quantitative estimate of drug-likeness (QED) is 0.358. The van der Waals surface area contributed by atoms with Crippen molar-refractivity contribution in [1.82, 2.24) is 9.55 Å². The SMILES string of the molecule is CCn1cc(-c2ccc(Cl)cc2Cl)nc1COc1ccc(-c2cccc(O)c2)cc1. The van der Waals surface area contributed by atoms with Gasteiger partial charge in [-0.15, -0.1) is 0 Å². The van der Waals surface area contributed by atoms with Crippen LogP contribution in [0.1, 0.15) is 12.7 Å². The summed E-state index contributed by atoms with van der Waals surface area (Å²) in [6.45, 7) is 3.17. The van der Waals surface area contributed by atoms with E-state index < -0.39 is 0 Å². The number of benzene rings is 3. The molecule has 6 heteroatoms. The highest BCUT2D eigenvalue weighted by Crippen LogP contribution is 2.30. The number of hydrogen-bond donors (Lipinski definition) is 1. The monoisotopic (exact) mass is 438 g/mol. The molecule has 0 aliphatic carbocycles. The maximum atomic E-state index is 9.65. The first-order valence-electron chi connectivity index (χ1n) is 9.57. The van der Waals surface area contributed by atoms with Crippen molar-refractivity contribution in [2.24, 2.45) is 0 Å².